The molecule has 0 bridgehead atoms. The number of carbonyl (C=O) groups excluding carboxylic acids is 2. The van der Waals surface area contributed by atoms with E-state index < -0.39 is 39.8 Å². The van der Waals surface area contributed by atoms with Gasteiger partial charge in [-0.25, -0.2) is 27.0 Å². The first-order valence-electron chi connectivity index (χ1n) is 15.0. The number of carbonyl (C=O) groups is 2. The second-order valence-electron chi connectivity index (χ2n) is 11.5. The van der Waals surface area contributed by atoms with E-state index in [9.17, 15) is 26.8 Å². The fourth-order valence-corrected chi connectivity index (χ4v) is 6.36. The van der Waals surface area contributed by atoms with Gasteiger partial charge in [0, 0.05) is 37.2 Å². The van der Waals surface area contributed by atoms with E-state index in [-0.39, 0.29) is 33.1 Å². The third-order valence-corrected chi connectivity index (χ3v) is 9.29. The van der Waals surface area contributed by atoms with E-state index in [4.69, 9.17) is 22.1 Å². The normalized spacial score (nSPS) is 14.9. The number of sulfone groups is 1. The van der Waals surface area contributed by atoms with Crippen LogP contribution in [0.4, 0.5) is 19.3 Å². The van der Waals surface area contributed by atoms with Gasteiger partial charge in [-0.15, -0.1) is 0 Å². The number of benzene rings is 2. The highest BCUT2D eigenvalue weighted by Gasteiger charge is 2.28. The molecule has 10 nitrogen and oxygen atoms in total. The molecule has 1 unspecified atom stereocenters. The lowest BCUT2D eigenvalue weighted by atomic mass is 9.86. The number of nitrogens with one attached hydrogen (secondary N) is 2. The summed E-state index contributed by atoms with van der Waals surface area (Å²) in [4.78, 5) is 30.9. The number of amides is 3. The number of hydrogen-bond acceptors (Lipinski definition) is 7. The van der Waals surface area contributed by atoms with Crippen molar-refractivity contribution in [2.24, 2.45) is 11.7 Å². The molecule has 3 aromatic rings. The van der Waals surface area contributed by atoms with Crippen LogP contribution >= 0.6 is 11.6 Å². The summed E-state index contributed by atoms with van der Waals surface area (Å²) in [6.07, 6.45) is 6.73. The van der Waals surface area contributed by atoms with Gasteiger partial charge in [0.25, 0.3) is 0 Å². The number of nitrogens with two attached hydrogens (primary N) is 1. The van der Waals surface area contributed by atoms with Crippen molar-refractivity contribution in [2.45, 2.75) is 62.9 Å². The largest absolute Gasteiger partial charge is 0.437 e. The zero-order valence-electron chi connectivity index (χ0n) is 25.7. The number of piperidine rings is 1. The molecule has 46 heavy (non-hydrogen) atoms. The summed E-state index contributed by atoms with van der Waals surface area (Å²) < 4.78 is 57.7. The van der Waals surface area contributed by atoms with E-state index in [0.29, 0.717) is 24.2 Å². The van der Waals surface area contributed by atoms with Crippen molar-refractivity contribution < 1.29 is 31.5 Å². The first-order chi connectivity index (χ1) is 21.8. The Kier molecular flexibility index (Phi) is 11.9. The number of unbranched alkanes of at least 4 members (excludes halogenated alkanes) is 1. The first kappa shape index (κ1) is 35.1. The maximum absolute atomic E-state index is 14.4. The second-order valence-corrected chi connectivity index (χ2v) is 13.9. The molecule has 0 radical (unpaired) electrons. The number of pyridine rings is 1. The topological polar surface area (TPSA) is 144 Å². The zero-order chi connectivity index (χ0) is 33.4. The van der Waals surface area contributed by atoms with Crippen LogP contribution in [0.1, 0.15) is 50.2 Å². The van der Waals surface area contributed by atoms with E-state index in [1.54, 1.807) is 12.3 Å². The van der Waals surface area contributed by atoms with Gasteiger partial charge in [0.05, 0.1) is 22.0 Å². The minimum atomic E-state index is -3.39. The zero-order valence-corrected chi connectivity index (χ0v) is 27.3. The van der Waals surface area contributed by atoms with Gasteiger partial charge >= 0.3 is 6.03 Å². The minimum absolute atomic E-state index is 0.0953. The summed E-state index contributed by atoms with van der Waals surface area (Å²) in [6, 6.07) is 8.90. The standard InChI is InChI=1S/C32H38ClF2N5O5S/c1-3-4-5-27(38-32(42)39-28-14-22(15-30(36)41)25(34)17-26(28)35)21-10-12-40(13-11-21)19-20-6-9-31(37-18-20)45-29-8-7-23(16-24(29)33)46(2,43)44/h6-9,14,16-18,21,27H,3-5,10-13,15,19H2,1-2H3,(H2,36,41)(H2,38,39,42). The molecule has 0 aliphatic carbocycles. The molecular formula is C32H38ClF2N5O5S. The van der Waals surface area contributed by atoms with Crippen molar-refractivity contribution in [1.82, 2.24) is 15.2 Å². The molecule has 1 fully saturated rings. The fourth-order valence-electron chi connectivity index (χ4n) is 5.43. The highest BCUT2D eigenvalue weighted by Crippen LogP contribution is 2.31. The molecule has 1 aliphatic rings. The third kappa shape index (κ3) is 9.84. The predicted octanol–water partition coefficient (Wildman–Crippen LogP) is 5.83. The van der Waals surface area contributed by atoms with Crippen molar-refractivity contribution in [1.29, 1.82) is 0 Å². The van der Waals surface area contributed by atoms with Crippen molar-refractivity contribution in [2.75, 3.05) is 24.7 Å². The lowest BCUT2D eigenvalue weighted by Gasteiger charge is -2.36. The van der Waals surface area contributed by atoms with Gasteiger partial charge < -0.3 is 21.1 Å². The molecule has 1 aromatic heterocycles. The van der Waals surface area contributed by atoms with Gasteiger partial charge in [-0.2, -0.15) is 0 Å². The van der Waals surface area contributed by atoms with Crippen LogP contribution in [0.2, 0.25) is 5.02 Å². The first-order valence-corrected chi connectivity index (χ1v) is 17.3. The fraction of sp³-hybridized carbons (Fsp3) is 0.406. The van der Waals surface area contributed by atoms with Gasteiger partial charge in [0.2, 0.25) is 11.8 Å². The maximum Gasteiger partial charge on any atom is 0.319 e. The summed E-state index contributed by atoms with van der Waals surface area (Å²) in [5.74, 6) is -1.78. The molecule has 4 N–H and O–H groups in total. The highest BCUT2D eigenvalue weighted by molar-refractivity contribution is 7.90. The average molecular weight is 678 g/mol. The molecule has 2 aromatic carbocycles. The lowest BCUT2D eigenvalue weighted by Crippen LogP contribution is -2.46. The van der Waals surface area contributed by atoms with E-state index >= 15 is 0 Å². The number of anilines is 1. The van der Waals surface area contributed by atoms with Crippen LogP contribution in [0.5, 0.6) is 11.6 Å². The molecule has 3 amide bonds. The number of urea groups is 1. The summed E-state index contributed by atoms with van der Waals surface area (Å²) in [6.45, 7) is 4.36. The minimum Gasteiger partial charge on any atom is -0.437 e. The number of ether oxygens (including phenoxy) is 1. The highest BCUT2D eigenvalue weighted by atomic mass is 35.5. The number of aromatic nitrogens is 1. The van der Waals surface area contributed by atoms with Gasteiger partial charge in [-0.05, 0) is 73.7 Å². The van der Waals surface area contributed by atoms with Crippen LogP contribution in [0.3, 0.4) is 0 Å². The number of likely N-dealkylation sites (tertiary alicyclic amines) is 1. The molecule has 1 aliphatic heterocycles. The Hall–Kier alpha value is -3.81. The van der Waals surface area contributed by atoms with Crippen LogP contribution in [-0.4, -0.2) is 55.6 Å². The molecule has 14 heteroatoms. The van der Waals surface area contributed by atoms with Gasteiger partial charge in [-0.1, -0.05) is 37.4 Å². The molecule has 4 rings (SSSR count). The SMILES string of the molecule is CCCCC(NC(=O)Nc1cc(CC(N)=O)c(F)cc1F)C1CCN(Cc2ccc(Oc3ccc(S(C)(=O)=O)cc3Cl)nc2)CC1. The Balaban J connectivity index is 1.31. The van der Waals surface area contributed by atoms with Crippen LogP contribution in [0.15, 0.2) is 53.6 Å². The van der Waals surface area contributed by atoms with Gasteiger partial charge in [0.1, 0.15) is 17.4 Å². The van der Waals surface area contributed by atoms with E-state index in [1.807, 2.05) is 6.07 Å². The Morgan fingerprint density at radius 2 is 1.87 bits per heavy atom. The van der Waals surface area contributed by atoms with E-state index in [0.717, 1.165) is 63.1 Å². The number of nitrogens with zero attached hydrogens (tertiary/aromatic N) is 2. The Bertz CT molecular complexity index is 1650. The average Bonchev–Trinajstić information content (AvgIpc) is 2.99. The Morgan fingerprint density at radius 3 is 2.48 bits per heavy atom. The number of hydrogen-bond donors (Lipinski definition) is 3. The van der Waals surface area contributed by atoms with Crippen molar-refractivity contribution >= 4 is 39.1 Å². The molecule has 0 spiro atoms. The molecule has 1 atom stereocenters. The lowest BCUT2D eigenvalue weighted by molar-refractivity contribution is -0.117. The van der Waals surface area contributed by atoms with Crippen LogP contribution in [-0.2, 0) is 27.6 Å². The predicted molar refractivity (Wildman–Crippen MR) is 172 cm³/mol. The quantitative estimate of drug-likeness (QED) is 0.207. The smallest absolute Gasteiger partial charge is 0.319 e. The molecule has 248 valence electrons. The van der Waals surface area contributed by atoms with Gasteiger partial charge in [0.15, 0.2) is 9.84 Å². The molecule has 0 saturated carbocycles. The summed E-state index contributed by atoms with van der Waals surface area (Å²) in [5, 5.41) is 5.62. The number of primary amides is 1. The van der Waals surface area contributed by atoms with Crippen molar-refractivity contribution in [3.8, 4) is 11.6 Å². The number of halogens is 3. The Labute approximate surface area is 272 Å². The molecule has 1 saturated heterocycles. The van der Waals surface area contributed by atoms with E-state index in [1.165, 1.54) is 18.2 Å². The summed E-state index contributed by atoms with van der Waals surface area (Å²) in [5.41, 5.74) is 5.82. The monoisotopic (exact) mass is 677 g/mol. The van der Waals surface area contributed by atoms with Crippen LogP contribution < -0.4 is 21.1 Å². The van der Waals surface area contributed by atoms with Crippen molar-refractivity contribution in [3.05, 3.63) is 76.4 Å². The molecular weight excluding hydrogens is 640 g/mol. The van der Waals surface area contributed by atoms with Crippen LogP contribution in [0, 0.1) is 17.6 Å². The number of rotatable bonds is 13. The van der Waals surface area contributed by atoms with Gasteiger partial charge in [-0.3, -0.25) is 9.69 Å². The maximum atomic E-state index is 14.4. The molecule has 2 heterocycles. The van der Waals surface area contributed by atoms with E-state index in [2.05, 4.69) is 27.4 Å². The summed E-state index contributed by atoms with van der Waals surface area (Å²) in [7, 11) is -3.39. The Morgan fingerprint density at radius 1 is 1.13 bits per heavy atom. The van der Waals surface area contributed by atoms with Crippen LogP contribution in [0.25, 0.3) is 0 Å². The second kappa shape index (κ2) is 15.7. The van der Waals surface area contributed by atoms with Crippen molar-refractivity contribution in [3.63, 3.8) is 0 Å². The third-order valence-electron chi connectivity index (χ3n) is 7.89. The summed E-state index contributed by atoms with van der Waals surface area (Å²) >= 11 is 6.21.